The highest BCUT2D eigenvalue weighted by molar-refractivity contribution is 7.92. The number of rotatable bonds is 2. The predicted octanol–water partition coefficient (Wildman–Crippen LogP) is -0.392. The standard InChI is InChI=1S/C7H13NO3S2/c1-5-6(8-7(9)4-12)2-3-13(5,10)11/h5-6,12H,2-4H2,1H3,(H,8,9). The van der Waals surface area contributed by atoms with E-state index in [2.05, 4.69) is 17.9 Å². The van der Waals surface area contributed by atoms with Gasteiger partial charge in [0.2, 0.25) is 5.91 Å². The summed E-state index contributed by atoms with van der Waals surface area (Å²) in [6.45, 7) is 1.63. The Bertz CT molecular complexity index is 299. The highest BCUT2D eigenvalue weighted by Gasteiger charge is 2.37. The van der Waals surface area contributed by atoms with Crippen LogP contribution in [0.4, 0.5) is 0 Å². The van der Waals surface area contributed by atoms with E-state index in [9.17, 15) is 13.2 Å². The lowest BCUT2D eigenvalue weighted by Crippen LogP contribution is -2.41. The van der Waals surface area contributed by atoms with Crippen molar-refractivity contribution in [1.29, 1.82) is 0 Å². The average molecular weight is 223 g/mol. The number of carbonyl (C=O) groups excluding carboxylic acids is 1. The maximum atomic E-state index is 11.3. The summed E-state index contributed by atoms with van der Waals surface area (Å²) in [5.74, 6) is 0.0619. The van der Waals surface area contributed by atoms with E-state index >= 15 is 0 Å². The smallest absolute Gasteiger partial charge is 0.229 e. The second kappa shape index (κ2) is 3.88. The molecule has 0 aromatic heterocycles. The van der Waals surface area contributed by atoms with E-state index in [0.717, 1.165) is 0 Å². The fraction of sp³-hybridized carbons (Fsp3) is 0.857. The lowest BCUT2D eigenvalue weighted by atomic mass is 10.2. The molecule has 0 saturated carbocycles. The first-order valence-corrected chi connectivity index (χ1v) is 6.44. The van der Waals surface area contributed by atoms with Gasteiger partial charge in [-0.2, -0.15) is 12.6 Å². The number of sulfone groups is 1. The molecule has 13 heavy (non-hydrogen) atoms. The van der Waals surface area contributed by atoms with Gasteiger partial charge in [0.05, 0.1) is 16.8 Å². The molecule has 0 aromatic carbocycles. The third-order valence-corrected chi connectivity index (χ3v) is 4.89. The van der Waals surface area contributed by atoms with Crippen LogP contribution in [-0.2, 0) is 14.6 Å². The van der Waals surface area contributed by atoms with Gasteiger partial charge >= 0.3 is 0 Å². The van der Waals surface area contributed by atoms with E-state index in [-0.39, 0.29) is 23.5 Å². The quantitative estimate of drug-likeness (QED) is 0.627. The molecule has 2 atom stereocenters. The molecule has 6 heteroatoms. The van der Waals surface area contributed by atoms with Gasteiger partial charge in [-0.3, -0.25) is 4.79 Å². The van der Waals surface area contributed by atoms with Crippen molar-refractivity contribution in [2.75, 3.05) is 11.5 Å². The summed E-state index contributed by atoms with van der Waals surface area (Å²) in [5, 5.41) is 2.18. The van der Waals surface area contributed by atoms with Crippen molar-refractivity contribution >= 4 is 28.4 Å². The van der Waals surface area contributed by atoms with Gasteiger partial charge in [0.1, 0.15) is 0 Å². The largest absolute Gasteiger partial charge is 0.351 e. The molecule has 0 aromatic rings. The van der Waals surface area contributed by atoms with Crippen molar-refractivity contribution in [3.05, 3.63) is 0 Å². The summed E-state index contributed by atoms with van der Waals surface area (Å²) in [6.07, 6.45) is 0.517. The molecule has 1 rings (SSSR count). The predicted molar refractivity (Wildman–Crippen MR) is 53.6 cm³/mol. The minimum atomic E-state index is -2.97. The number of amides is 1. The highest BCUT2D eigenvalue weighted by atomic mass is 32.2. The minimum absolute atomic E-state index is 0.100. The molecule has 1 aliphatic heterocycles. The van der Waals surface area contributed by atoms with E-state index in [1.54, 1.807) is 6.92 Å². The molecule has 0 aliphatic carbocycles. The molecule has 0 radical (unpaired) electrons. The number of thiol groups is 1. The third-order valence-electron chi connectivity index (χ3n) is 2.34. The van der Waals surface area contributed by atoms with Crippen molar-refractivity contribution in [1.82, 2.24) is 5.32 Å². The topological polar surface area (TPSA) is 63.2 Å². The molecule has 2 unspecified atom stereocenters. The third kappa shape index (κ3) is 2.37. The van der Waals surface area contributed by atoms with Crippen LogP contribution >= 0.6 is 12.6 Å². The zero-order valence-corrected chi connectivity index (χ0v) is 9.07. The number of carbonyl (C=O) groups is 1. The number of hydrogen-bond donors (Lipinski definition) is 2. The van der Waals surface area contributed by atoms with Crippen molar-refractivity contribution < 1.29 is 13.2 Å². The molecular weight excluding hydrogens is 210 g/mol. The fourth-order valence-corrected chi connectivity index (χ4v) is 3.15. The summed E-state index contributed by atoms with van der Waals surface area (Å²) in [6, 6.07) is -0.232. The Morgan fingerprint density at radius 3 is 2.62 bits per heavy atom. The molecule has 1 amide bonds. The summed E-state index contributed by atoms with van der Waals surface area (Å²) in [7, 11) is -2.97. The van der Waals surface area contributed by atoms with Crippen LogP contribution in [0, 0.1) is 0 Å². The zero-order chi connectivity index (χ0) is 10.1. The summed E-state index contributed by atoms with van der Waals surface area (Å²) in [4.78, 5) is 10.9. The van der Waals surface area contributed by atoms with Crippen molar-refractivity contribution in [3.63, 3.8) is 0 Å². The van der Waals surface area contributed by atoms with Crippen LogP contribution in [0.5, 0.6) is 0 Å². The van der Waals surface area contributed by atoms with Crippen molar-refractivity contribution in [2.45, 2.75) is 24.6 Å². The monoisotopic (exact) mass is 223 g/mol. The Morgan fingerprint density at radius 1 is 1.62 bits per heavy atom. The summed E-state index contributed by atoms with van der Waals surface area (Å²) >= 11 is 3.80. The van der Waals surface area contributed by atoms with E-state index in [1.807, 2.05) is 0 Å². The van der Waals surface area contributed by atoms with Gasteiger partial charge in [0.25, 0.3) is 0 Å². The van der Waals surface area contributed by atoms with Crippen molar-refractivity contribution in [2.24, 2.45) is 0 Å². The Balaban J connectivity index is 2.61. The molecule has 1 fully saturated rings. The molecule has 0 spiro atoms. The van der Waals surface area contributed by atoms with Gasteiger partial charge in [0.15, 0.2) is 9.84 Å². The van der Waals surface area contributed by atoms with Crippen molar-refractivity contribution in [3.8, 4) is 0 Å². The van der Waals surface area contributed by atoms with Gasteiger partial charge < -0.3 is 5.32 Å². The number of hydrogen-bond acceptors (Lipinski definition) is 4. The lowest BCUT2D eigenvalue weighted by molar-refractivity contribution is -0.119. The molecular formula is C7H13NO3S2. The maximum Gasteiger partial charge on any atom is 0.229 e. The summed E-state index contributed by atoms with van der Waals surface area (Å²) in [5.41, 5.74) is 0. The second-order valence-electron chi connectivity index (χ2n) is 3.19. The van der Waals surface area contributed by atoms with Crippen LogP contribution < -0.4 is 5.32 Å². The Hall–Kier alpha value is -0.230. The molecule has 1 saturated heterocycles. The minimum Gasteiger partial charge on any atom is -0.351 e. The van der Waals surface area contributed by atoms with Crippen LogP contribution in [0.15, 0.2) is 0 Å². The van der Waals surface area contributed by atoms with Crippen LogP contribution in [0.2, 0.25) is 0 Å². The van der Waals surface area contributed by atoms with Gasteiger partial charge in [-0.25, -0.2) is 8.42 Å². The first-order valence-electron chi connectivity index (χ1n) is 4.09. The van der Waals surface area contributed by atoms with Gasteiger partial charge in [0, 0.05) is 6.04 Å². The van der Waals surface area contributed by atoms with Crippen LogP contribution in [0.25, 0.3) is 0 Å². The van der Waals surface area contributed by atoms with E-state index in [0.29, 0.717) is 6.42 Å². The van der Waals surface area contributed by atoms with Gasteiger partial charge in [-0.05, 0) is 13.3 Å². The second-order valence-corrected chi connectivity index (χ2v) is 5.99. The molecule has 1 N–H and O–H groups in total. The Labute approximate surface area is 83.4 Å². The van der Waals surface area contributed by atoms with Gasteiger partial charge in [-0.1, -0.05) is 0 Å². The Morgan fingerprint density at radius 2 is 2.23 bits per heavy atom. The number of nitrogens with one attached hydrogen (secondary N) is 1. The molecule has 1 heterocycles. The lowest BCUT2D eigenvalue weighted by Gasteiger charge is -2.14. The van der Waals surface area contributed by atoms with Crippen LogP contribution in [-0.4, -0.2) is 37.1 Å². The van der Waals surface area contributed by atoms with E-state index < -0.39 is 15.1 Å². The molecule has 0 bridgehead atoms. The first kappa shape index (κ1) is 10.8. The normalized spacial score (nSPS) is 31.5. The summed E-state index contributed by atoms with van der Waals surface area (Å²) < 4.78 is 22.5. The average Bonchev–Trinajstić information content (AvgIpc) is 2.32. The van der Waals surface area contributed by atoms with E-state index in [4.69, 9.17) is 0 Å². The first-order chi connectivity index (χ1) is 5.97. The molecule has 4 nitrogen and oxygen atoms in total. The fourth-order valence-electron chi connectivity index (χ4n) is 1.40. The Kier molecular flexibility index (Phi) is 3.23. The maximum absolute atomic E-state index is 11.3. The highest BCUT2D eigenvalue weighted by Crippen LogP contribution is 2.19. The zero-order valence-electron chi connectivity index (χ0n) is 7.36. The SMILES string of the molecule is CC1C(NC(=O)CS)CCS1(=O)=O. The molecule has 1 aliphatic rings. The van der Waals surface area contributed by atoms with Crippen LogP contribution in [0.1, 0.15) is 13.3 Å². The van der Waals surface area contributed by atoms with Crippen LogP contribution in [0.3, 0.4) is 0 Å². The molecule has 76 valence electrons. The van der Waals surface area contributed by atoms with Gasteiger partial charge in [-0.15, -0.1) is 0 Å². The van der Waals surface area contributed by atoms with E-state index in [1.165, 1.54) is 0 Å².